The second-order valence-corrected chi connectivity index (χ2v) is 4.75. The lowest BCUT2D eigenvalue weighted by Gasteiger charge is -2.16. The standard InChI is InChI=1S/C12H19N3O/c1-9-3-2-4-10(6-5-9)15-11-7-12(16)14-8-13-11/h7-10H,2-6H2,1H3,(H2,13,14,15,16). The Balaban J connectivity index is 1.96. The van der Waals surface area contributed by atoms with Gasteiger partial charge in [0.05, 0.1) is 6.33 Å². The molecule has 1 fully saturated rings. The number of nitrogens with zero attached hydrogens (tertiary/aromatic N) is 1. The van der Waals surface area contributed by atoms with E-state index in [2.05, 4.69) is 22.2 Å². The molecule has 0 aromatic carbocycles. The van der Waals surface area contributed by atoms with E-state index in [1.807, 2.05) is 0 Å². The lowest BCUT2D eigenvalue weighted by molar-refractivity contribution is 0.502. The van der Waals surface area contributed by atoms with Gasteiger partial charge in [-0.3, -0.25) is 4.79 Å². The quantitative estimate of drug-likeness (QED) is 0.752. The van der Waals surface area contributed by atoms with Gasteiger partial charge >= 0.3 is 0 Å². The molecular formula is C12H19N3O. The Morgan fingerprint density at radius 3 is 3.06 bits per heavy atom. The molecule has 16 heavy (non-hydrogen) atoms. The van der Waals surface area contributed by atoms with Crippen molar-refractivity contribution in [2.75, 3.05) is 5.32 Å². The van der Waals surface area contributed by atoms with Crippen LogP contribution in [0.15, 0.2) is 17.2 Å². The largest absolute Gasteiger partial charge is 0.367 e. The normalized spacial score (nSPS) is 26.1. The molecule has 2 unspecified atom stereocenters. The second kappa shape index (κ2) is 5.14. The topological polar surface area (TPSA) is 57.8 Å². The van der Waals surface area contributed by atoms with E-state index in [1.54, 1.807) is 0 Å². The summed E-state index contributed by atoms with van der Waals surface area (Å²) in [5, 5.41) is 3.35. The Labute approximate surface area is 95.5 Å². The highest BCUT2D eigenvalue weighted by molar-refractivity contribution is 5.32. The number of hydrogen-bond acceptors (Lipinski definition) is 3. The molecule has 0 amide bonds. The SMILES string of the molecule is CC1CCCC(Nc2cc(=O)[nH]cn2)CC1. The first-order valence-electron chi connectivity index (χ1n) is 6.05. The Kier molecular flexibility index (Phi) is 3.59. The van der Waals surface area contributed by atoms with Gasteiger partial charge in [0.2, 0.25) is 0 Å². The van der Waals surface area contributed by atoms with Gasteiger partial charge in [0.1, 0.15) is 5.82 Å². The van der Waals surface area contributed by atoms with Crippen molar-refractivity contribution >= 4 is 5.82 Å². The molecule has 1 aromatic heterocycles. The zero-order valence-electron chi connectivity index (χ0n) is 9.70. The number of rotatable bonds is 2. The van der Waals surface area contributed by atoms with Gasteiger partial charge in [-0.2, -0.15) is 0 Å². The van der Waals surface area contributed by atoms with Crippen LogP contribution in [0.5, 0.6) is 0 Å². The van der Waals surface area contributed by atoms with E-state index in [4.69, 9.17) is 0 Å². The van der Waals surface area contributed by atoms with Crippen molar-refractivity contribution in [1.29, 1.82) is 0 Å². The van der Waals surface area contributed by atoms with E-state index >= 15 is 0 Å². The molecule has 0 radical (unpaired) electrons. The average molecular weight is 221 g/mol. The summed E-state index contributed by atoms with van der Waals surface area (Å²) < 4.78 is 0. The third kappa shape index (κ3) is 3.08. The summed E-state index contributed by atoms with van der Waals surface area (Å²) in [7, 11) is 0. The molecule has 1 heterocycles. The number of aromatic nitrogens is 2. The maximum atomic E-state index is 11.1. The molecule has 0 aliphatic heterocycles. The molecule has 2 rings (SSSR count). The van der Waals surface area contributed by atoms with Gasteiger partial charge in [-0.05, 0) is 25.2 Å². The first-order chi connectivity index (χ1) is 7.74. The smallest absolute Gasteiger partial charge is 0.252 e. The van der Waals surface area contributed by atoms with Crippen LogP contribution >= 0.6 is 0 Å². The summed E-state index contributed by atoms with van der Waals surface area (Å²) in [4.78, 5) is 17.8. The minimum absolute atomic E-state index is 0.0977. The van der Waals surface area contributed by atoms with Crippen LogP contribution in [0.3, 0.4) is 0 Å². The number of H-pyrrole nitrogens is 1. The van der Waals surface area contributed by atoms with Crippen LogP contribution in [0.25, 0.3) is 0 Å². The van der Waals surface area contributed by atoms with Crippen LogP contribution in [0.4, 0.5) is 5.82 Å². The first-order valence-corrected chi connectivity index (χ1v) is 6.05. The van der Waals surface area contributed by atoms with Gasteiger partial charge in [-0.25, -0.2) is 4.98 Å². The fourth-order valence-corrected chi connectivity index (χ4v) is 2.29. The lowest BCUT2D eigenvalue weighted by atomic mass is 10.0. The third-order valence-corrected chi connectivity index (χ3v) is 3.29. The fraction of sp³-hybridized carbons (Fsp3) is 0.667. The lowest BCUT2D eigenvalue weighted by Crippen LogP contribution is -2.20. The highest BCUT2D eigenvalue weighted by Gasteiger charge is 2.16. The number of hydrogen-bond donors (Lipinski definition) is 2. The van der Waals surface area contributed by atoms with Gasteiger partial charge in [0, 0.05) is 12.1 Å². The van der Waals surface area contributed by atoms with Crippen LogP contribution in [-0.2, 0) is 0 Å². The van der Waals surface area contributed by atoms with Crippen molar-refractivity contribution in [2.45, 2.75) is 45.1 Å². The molecule has 2 atom stereocenters. The Morgan fingerprint density at radius 2 is 2.25 bits per heavy atom. The molecule has 0 bridgehead atoms. The minimum Gasteiger partial charge on any atom is -0.367 e. The third-order valence-electron chi connectivity index (χ3n) is 3.29. The van der Waals surface area contributed by atoms with Crippen molar-refractivity contribution in [2.24, 2.45) is 5.92 Å². The molecule has 0 spiro atoms. The van der Waals surface area contributed by atoms with E-state index < -0.39 is 0 Å². The van der Waals surface area contributed by atoms with Crippen LogP contribution in [-0.4, -0.2) is 16.0 Å². The molecule has 4 heteroatoms. The van der Waals surface area contributed by atoms with Gasteiger partial charge in [0.25, 0.3) is 5.56 Å². The van der Waals surface area contributed by atoms with Crippen LogP contribution in [0.1, 0.15) is 39.0 Å². The predicted molar refractivity (Wildman–Crippen MR) is 64.5 cm³/mol. The first kappa shape index (κ1) is 11.2. The van der Waals surface area contributed by atoms with Crippen molar-refractivity contribution in [3.8, 4) is 0 Å². The Hall–Kier alpha value is -1.32. The van der Waals surface area contributed by atoms with E-state index in [9.17, 15) is 4.79 Å². The minimum atomic E-state index is -0.0977. The van der Waals surface area contributed by atoms with E-state index in [0.717, 1.165) is 5.92 Å². The molecule has 4 nitrogen and oxygen atoms in total. The Morgan fingerprint density at radius 1 is 1.38 bits per heavy atom. The Bertz CT molecular complexity index is 388. The van der Waals surface area contributed by atoms with Gasteiger partial charge in [0.15, 0.2) is 0 Å². The highest BCUT2D eigenvalue weighted by Crippen LogP contribution is 2.24. The molecule has 0 saturated heterocycles. The highest BCUT2D eigenvalue weighted by atomic mass is 16.1. The monoisotopic (exact) mass is 221 g/mol. The summed E-state index contributed by atoms with van der Waals surface area (Å²) in [5.74, 6) is 1.53. The summed E-state index contributed by atoms with van der Waals surface area (Å²) >= 11 is 0. The summed E-state index contributed by atoms with van der Waals surface area (Å²) in [6, 6.07) is 1.99. The van der Waals surface area contributed by atoms with Crippen LogP contribution < -0.4 is 10.9 Å². The van der Waals surface area contributed by atoms with Crippen molar-refractivity contribution < 1.29 is 0 Å². The van der Waals surface area contributed by atoms with Crippen LogP contribution in [0.2, 0.25) is 0 Å². The van der Waals surface area contributed by atoms with Crippen molar-refractivity contribution in [3.63, 3.8) is 0 Å². The maximum Gasteiger partial charge on any atom is 0.252 e. The molecule has 88 valence electrons. The average Bonchev–Trinajstić information content (AvgIpc) is 2.44. The summed E-state index contributed by atoms with van der Waals surface area (Å²) in [6.07, 6.45) is 7.66. The summed E-state index contributed by atoms with van der Waals surface area (Å²) in [5.41, 5.74) is -0.0977. The predicted octanol–water partition coefficient (Wildman–Crippen LogP) is 2.15. The molecular weight excluding hydrogens is 202 g/mol. The molecule has 1 aliphatic rings. The zero-order valence-corrected chi connectivity index (χ0v) is 9.70. The second-order valence-electron chi connectivity index (χ2n) is 4.75. The van der Waals surface area contributed by atoms with Gasteiger partial charge < -0.3 is 10.3 Å². The fourth-order valence-electron chi connectivity index (χ4n) is 2.29. The molecule has 1 aliphatic carbocycles. The number of anilines is 1. The van der Waals surface area contributed by atoms with Crippen molar-refractivity contribution in [1.82, 2.24) is 9.97 Å². The van der Waals surface area contributed by atoms with Crippen LogP contribution in [0, 0.1) is 5.92 Å². The van der Waals surface area contributed by atoms with E-state index in [0.29, 0.717) is 11.9 Å². The van der Waals surface area contributed by atoms with Gasteiger partial charge in [-0.15, -0.1) is 0 Å². The van der Waals surface area contributed by atoms with Crippen molar-refractivity contribution in [3.05, 3.63) is 22.7 Å². The van der Waals surface area contributed by atoms with Gasteiger partial charge in [-0.1, -0.05) is 19.8 Å². The molecule has 1 saturated carbocycles. The number of nitrogens with one attached hydrogen (secondary N) is 2. The molecule has 1 aromatic rings. The number of aromatic amines is 1. The molecule has 2 N–H and O–H groups in total. The van der Waals surface area contributed by atoms with E-state index in [-0.39, 0.29) is 5.56 Å². The maximum absolute atomic E-state index is 11.1. The van der Waals surface area contributed by atoms with E-state index in [1.165, 1.54) is 44.5 Å². The summed E-state index contributed by atoms with van der Waals surface area (Å²) in [6.45, 7) is 2.31. The zero-order chi connectivity index (χ0) is 11.4.